The molecule has 2 amide bonds. The Labute approximate surface area is 182 Å². The zero-order valence-corrected chi connectivity index (χ0v) is 17.5. The molecule has 0 aromatic heterocycles. The molecule has 0 aliphatic carbocycles. The molecule has 0 bridgehead atoms. The van der Waals surface area contributed by atoms with Gasteiger partial charge in [-0.2, -0.15) is 5.10 Å². The van der Waals surface area contributed by atoms with Crippen molar-refractivity contribution in [3.05, 3.63) is 102 Å². The van der Waals surface area contributed by atoms with Crippen LogP contribution in [0, 0.1) is 0 Å². The Hall–Kier alpha value is -3.93. The molecule has 158 valence electrons. The molecule has 0 radical (unpaired) electrons. The zero-order chi connectivity index (χ0) is 22.1. The van der Waals surface area contributed by atoms with Crippen LogP contribution in [-0.4, -0.2) is 24.6 Å². The van der Waals surface area contributed by atoms with Gasteiger partial charge in [0.1, 0.15) is 5.75 Å². The van der Waals surface area contributed by atoms with Crippen LogP contribution in [0.2, 0.25) is 0 Å². The summed E-state index contributed by atoms with van der Waals surface area (Å²) in [5.74, 6) is 0.181. The van der Waals surface area contributed by atoms with Gasteiger partial charge in [0, 0.05) is 18.1 Å². The number of ether oxygens (including phenoxy) is 1. The molecule has 0 heterocycles. The van der Waals surface area contributed by atoms with Crippen molar-refractivity contribution in [3.63, 3.8) is 0 Å². The van der Waals surface area contributed by atoms with E-state index in [1.807, 2.05) is 72.8 Å². The Morgan fingerprint density at radius 2 is 1.42 bits per heavy atom. The molecule has 6 nitrogen and oxygen atoms in total. The van der Waals surface area contributed by atoms with E-state index in [1.165, 1.54) is 6.92 Å². The smallest absolute Gasteiger partial charge is 0.242 e. The number of rotatable bonds is 8. The van der Waals surface area contributed by atoms with E-state index in [0.29, 0.717) is 11.5 Å². The third kappa shape index (κ3) is 6.27. The molecule has 0 aliphatic heterocycles. The van der Waals surface area contributed by atoms with Crippen molar-refractivity contribution >= 4 is 17.5 Å². The second-order valence-corrected chi connectivity index (χ2v) is 6.96. The molecule has 1 atom stereocenters. The Kier molecular flexibility index (Phi) is 7.54. The van der Waals surface area contributed by atoms with Crippen LogP contribution in [0.5, 0.6) is 5.75 Å². The van der Waals surface area contributed by atoms with Gasteiger partial charge in [-0.1, -0.05) is 72.8 Å². The van der Waals surface area contributed by atoms with Gasteiger partial charge < -0.3 is 10.1 Å². The van der Waals surface area contributed by atoms with E-state index >= 15 is 0 Å². The van der Waals surface area contributed by atoms with Crippen molar-refractivity contribution in [2.75, 3.05) is 7.11 Å². The number of benzene rings is 3. The lowest BCUT2D eigenvalue weighted by Crippen LogP contribution is -2.31. The second kappa shape index (κ2) is 10.7. The molecule has 31 heavy (non-hydrogen) atoms. The largest absolute Gasteiger partial charge is 0.497 e. The van der Waals surface area contributed by atoms with E-state index < -0.39 is 6.04 Å². The lowest BCUT2D eigenvalue weighted by atomic mass is 10.0. The Morgan fingerprint density at radius 3 is 1.90 bits per heavy atom. The number of hydrogen-bond donors (Lipinski definition) is 2. The lowest BCUT2D eigenvalue weighted by molar-refractivity contribution is -0.122. The summed E-state index contributed by atoms with van der Waals surface area (Å²) < 4.78 is 5.18. The predicted octanol–water partition coefficient (Wildman–Crippen LogP) is 3.83. The van der Waals surface area contributed by atoms with Crippen LogP contribution in [0.25, 0.3) is 0 Å². The molecule has 1 unspecified atom stereocenters. The third-order valence-electron chi connectivity index (χ3n) is 4.67. The summed E-state index contributed by atoms with van der Waals surface area (Å²) in [5, 5.41) is 7.23. The average Bonchev–Trinajstić information content (AvgIpc) is 2.80. The first-order valence-corrected chi connectivity index (χ1v) is 9.95. The fourth-order valence-corrected chi connectivity index (χ4v) is 3.17. The number of carbonyl (C=O) groups is 2. The van der Waals surface area contributed by atoms with Crippen LogP contribution in [0.4, 0.5) is 0 Å². The fourth-order valence-electron chi connectivity index (χ4n) is 3.17. The maximum absolute atomic E-state index is 12.7. The highest BCUT2D eigenvalue weighted by molar-refractivity contribution is 6.13. The first kappa shape index (κ1) is 21.8. The molecule has 0 spiro atoms. The van der Waals surface area contributed by atoms with E-state index in [4.69, 9.17) is 4.74 Å². The minimum atomic E-state index is -0.476. The third-order valence-corrected chi connectivity index (χ3v) is 4.67. The van der Waals surface area contributed by atoms with Gasteiger partial charge in [-0.15, -0.1) is 0 Å². The van der Waals surface area contributed by atoms with E-state index in [9.17, 15) is 9.59 Å². The molecule has 3 rings (SSSR count). The maximum atomic E-state index is 12.7. The highest BCUT2D eigenvalue weighted by Gasteiger charge is 2.17. The first-order valence-electron chi connectivity index (χ1n) is 9.95. The molecule has 3 aromatic carbocycles. The van der Waals surface area contributed by atoms with Crippen LogP contribution in [-0.2, 0) is 9.59 Å². The average molecular weight is 415 g/mol. The Bertz CT molecular complexity index is 991. The van der Waals surface area contributed by atoms with Gasteiger partial charge in [-0.25, -0.2) is 5.43 Å². The zero-order valence-electron chi connectivity index (χ0n) is 17.5. The minimum Gasteiger partial charge on any atom is -0.497 e. The molecular formula is C25H25N3O3. The summed E-state index contributed by atoms with van der Waals surface area (Å²) in [6.45, 7) is 1.43. The number of hydrazone groups is 1. The number of nitrogens with one attached hydrogen (secondary N) is 2. The molecule has 0 saturated heterocycles. The van der Waals surface area contributed by atoms with Gasteiger partial charge in [0.25, 0.3) is 0 Å². The van der Waals surface area contributed by atoms with Crippen LogP contribution in [0.3, 0.4) is 0 Å². The molecule has 0 aliphatic rings. The SMILES string of the molecule is COc1ccc(C(CC(=O)NN=C(c2ccccc2)c2ccccc2)NC(C)=O)cc1. The molecule has 6 heteroatoms. The van der Waals surface area contributed by atoms with Crippen molar-refractivity contribution in [2.45, 2.75) is 19.4 Å². The van der Waals surface area contributed by atoms with Crippen molar-refractivity contribution in [2.24, 2.45) is 5.10 Å². The fraction of sp³-hybridized carbons (Fsp3) is 0.160. The van der Waals surface area contributed by atoms with Crippen molar-refractivity contribution in [1.29, 1.82) is 0 Å². The van der Waals surface area contributed by atoms with Gasteiger partial charge in [0.15, 0.2) is 0 Å². The summed E-state index contributed by atoms with van der Waals surface area (Å²) in [5.41, 5.74) is 5.90. The Balaban J connectivity index is 1.79. The van der Waals surface area contributed by atoms with Crippen molar-refractivity contribution in [1.82, 2.24) is 10.7 Å². The van der Waals surface area contributed by atoms with E-state index in [-0.39, 0.29) is 18.2 Å². The normalized spacial score (nSPS) is 11.2. The highest BCUT2D eigenvalue weighted by Crippen LogP contribution is 2.20. The highest BCUT2D eigenvalue weighted by atomic mass is 16.5. The van der Waals surface area contributed by atoms with E-state index in [0.717, 1.165) is 16.7 Å². The number of methoxy groups -OCH3 is 1. The quantitative estimate of drug-likeness (QED) is 0.433. The lowest BCUT2D eigenvalue weighted by Gasteiger charge is -2.18. The van der Waals surface area contributed by atoms with Crippen LogP contribution in [0.15, 0.2) is 90.0 Å². The number of carbonyl (C=O) groups excluding carboxylic acids is 2. The Morgan fingerprint density at radius 1 is 0.871 bits per heavy atom. The van der Waals surface area contributed by atoms with Crippen molar-refractivity contribution in [3.8, 4) is 5.75 Å². The topological polar surface area (TPSA) is 79.8 Å². The van der Waals surface area contributed by atoms with Gasteiger partial charge in [-0.3, -0.25) is 9.59 Å². The summed E-state index contributed by atoms with van der Waals surface area (Å²) in [6, 6.07) is 26.1. The minimum absolute atomic E-state index is 0.0479. The monoisotopic (exact) mass is 415 g/mol. The van der Waals surface area contributed by atoms with Gasteiger partial charge in [0.05, 0.1) is 25.3 Å². The summed E-state index contributed by atoms with van der Waals surface area (Å²) in [6.07, 6.45) is 0.0479. The number of amides is 2. The number of hydrogen-bond acceptors (Lipinski definition) is 4. The summed E-state index contributed by atoms with van der Waals surface area (Å²) >= 11 is 0. The van der Waals surface area contributed by atoms with Gasteiger partial charge in [-0.05, 0) is 17.7 Å². The number of nitrogens with zero attached hydrogens (tertiary/aromatic N) is 1. The standard InChI is InChI=1S/C25H25N3O3/c1-18(29)26-23(19-13-15-22(31-2)16-14-19)17-24(30)27-28-25(20-9-5-3-6-10-20)21-11-7-4-8-12-21/h3-16,23H,17H2,1-2H3,(H,26,29)(H,27,30). The molecule has 0 fully saturated rings. The second-order valence-electron chi connectivity index (χ2n) is 6.96. The van der Waals surface area contributed by atoms with Crippen molar-refractivity contribution < 1.29 is 14.3 Å². The summed E-state index contributed by atoms with van der Waals surface area (Å²) in [7, 11) is 1.59. The first-order chi connectivity index (χ1) is 15.1. The predicted molar refractivity (Wildman–Crippen MR) is 121 cm³/mol. The van der Waals surface area contributed by atoms with Crippen LogP contribution in [0.1, 0.15) is 36.1 Å². The molecule has 0 saturated carbocycles. The maximum Gasteiger partial charge on any atom is 0.242 e. The van der Waals surface area contributed by atoms with Crippen LogP contribution < -0.4 is 15.5 Å². The van der Waals surface area contributed by atoms with E-state index in [1.54, 1.807) is 19.2 Å². The van der Waals surface area contributed by atoms with Gasteiger partial charge in [0.2, 0.25) is 11.8 Å². The molecular weight excluding hydrogens is 390 g/mol. The van der Waals surface area contributed by atoms with Crippen LogP contribution >= 0.6 is 0 Å². The van der Waals surface area contributed by atoms with Gasteiger partial charge >= 0.3 is 0 Å². The molecule has 3 aromatic rings. The molecule has 2 N–H and O–H groups in total. The van der Waals surface area contributed by atoms with E-state index in [2.05, 4.69) is 15.8 Å². The summed E-state index contributed by atoms with van der Waals surface area (Å²) in [4.78, 5) is 24.4.